The lowest BCUT2D eigenvalue weighted by atomic mass is 9.88. The molecule has 0 aliphatic carbocycles. The van der Waals surface area contributed by atoms with Crippen LogP contribution in [0.1, 0.15) is 49.7 Å². The Kier molecular flexibility index (Phi) is 3.97. The number of piperidine rings is 1. The molecule has 27 heavy (non-hydrogen) atoms. The van der Waals surface area contributed by atoms with Gasteiger partial charge in [0.25, 0.3) is 0 Å². The minimum Gasteiger partial charge on any atom is -0.353 e. The molecule has 138 valence electrons. The van der Waals surface area contributed by atoms with E-state index < -0.39 is 0 Å². The van der Waals surface area contributed by atoms with E-state index in [4.69, 9.17) is 0 Å². The molecule has 1 saturated heterocycles. The van der Waals surface area contributed by atoms with E-state index in [0.717, 1.165) is 30.0 Å². The molecule has 0 atom stereocenters. The highest BCUT2D eigenvalue weighted by Crippen LogP contribution is 2.38. The van der Waals surface area contributed by atoms with Crippen LogP contribution < -0.4 is 5.32 Å². The molecule has 0 unspecified atom stereocenters. The molecule has 4 aromatic rings. The van der Waals surface area contributed by atoms with Crippen molar-refractivity contribution in [3.8, 4) is 11.4 Å². The van der Waals surface area contributed by atoms with E-state index >= 15 is 0 Å². The Morgan fingerprint density at radius 2 is 2.00 bits per heavy atom. The van der Waals surface area contributed by atoms with Crippen LogP contribution in [0.5, 0.6) is 0 Å². The zero-order valence-electron chi connectivity index (χ0n) is 15.9. The number of rotatable bonds is 3. The van der Waals surface area contributed by atoms with Crippen LogP contribution in [-0.4, -0.2) is 32.7 Å². The third-order valence-corrected chi connectivity index (χ3v) is 5.82. The zero-order chi connectivity index (χ0) is 18.4. The smallest absolute Gasteiger partial charge is 0.137 e. The van der Waals surface area contributed by atoms with Crippen molar-refractivity contribution in [3.05, 3.63) is 54.0 Å². The zero-order valence-corrected chi connectivity index (χ0v) is 15.9. The van der Waals surface area contributed by atoms with E-state index in [1.54, 1.807) is 6.33 Å². The Morgan fingerprint density at radius 3 is 2.81 bits per heavy atom. The molecule has 0 saturated carbocycles. The van der Waals surface area contributed by atoms with Gasteiger partial charge in [0.15, 0.2) is 0 Å². The average Bonchev–Trinajstić information content (AvgIpc) is 3.32. The van der Waals surface area contributed by atoms with Crippen LogP contribution in [0.4, 0.5) is 0 Å². The van der Waals surface area contributed by atoms with Crippen molar-refractivity contribution in [3.63, 3.8) is 0 Å². The van der Waals surface area contributed by atoms with Crippen molar-refractivity contribution < 1.29 is 0 Å². The lowest BCUT2D eigenvalue weighted by Crippen LogP contribution is -2.26. The summed E-state index contributed by atoms with van der Waals surface area (Å²) in [5.74, 6) is 1.06. The number of aromatic amines is 1. The molecular formula is C22H25N5. The van der Waals surface area contributed by atoms with Gasteiger partial charge < -0.3 is 10.3 Å². The highest BCUT2D eigenvalue weighted by atomic mass is 15.2. The molecule has 1 aromatic carbocycles. The fourth-order valence-electron chi connectivity index (χ4n) is 4.48. The molecule has 1 aliphatic heterocycles. The van der Waals surface area contributed by atoms with Gasteiger partial charge >= 0.3 is 0 Å². The Morgan fingerprint density at radius 1 is 1.15 bits per heavy atom. The maximum atomic E-state index is 4.63. The van der Waals surface area contributed by atoms with Crippen LogP contribution in [0, 0.1) is 0 Å². The Labute approximate surface area is 158 Å². The first kappa shape index (κ1) is 16.5. The number of hydrogen-bond acceptors (Lipinski definition) is 3. The van der Waals surface area contributed by atoms with Gasteiger partial charge in [-0.05, 0) is 73.2 Å². The SMILES string of the molecule is CC(C)c1c(-c2ncnn3cccc23)[nH]c2ccc(C3CCNCC3)cc12. The van der Waals surface area contributed by atoms with E-state index in [-0.39, 0.29) is 0 Å². The van der Waals surface area contributed by atoms with Crippen LogP contribution >= 0.6 is 0 Å². The van der Waals surface area contributed by atoms with Crippen molar-refractivity contribution in [2.45, 2.75) is 38.5 Å². The van der Waals surface area contributed by atoms with Crippen LogP contribution in [-0.2, 0) is 0 Å². The molecule has 1 aliphatic rings. The third-order valence-electron chi connectivity index (χ3n) is 5.82. The molecule has 5 heteroatoms. The summed E-state index contributed by atoms with van der Waals surface area (Å²) < 4.78 is 1.89. The van der Waals surface area contributed by atoms with Crippen LogP contribution in [0.25, 0.3) is 27.8 Å². The summed E-state index contributed by atoms with van der Waals surface area (Å²) in [4.78, 5) is 8.29. The normalized spacial score (nSPS) is 16.0. The molecule has 5 nitrogen and oxygen atoms in total. The van der Waals surface area contributed by atoms with Gasteiger partial charge in [-0.25, -0.2) is 9.50 Å². The summed E-state index contributed by atoms with van der Waals surface area (Å²) in [6.45, 7) is 6.76. The molecule has 2 N–H and O–H groups in total. The van der Waals surface area contributed by atoms with Gasteiger partial charge in [0.05, 0.1) is 11.2 Å². The summed E-state index contributed by atoms with van der Waals surface area (Å²) in [7, 11) is 0. The summed E-state index contributed by atoms with van der Waals surface area (Å²) >= 11 is 0. The van der Waals surface area contributed by atoms with E-state index in [1.165, 1.54) is 34.9 Å². The fraction of sp³-hybridized carbons (Fsp3) is 0.364. The Hall–Kier alpha value is -2.66. The predicted octanol–water partition coefficient (Wildman–Crippen LogP) is 4.47. The van der Waals surface area contributed by atoms with E-state index in [1.807, 2.05) is 16.8 Å². The van der Waals surface area contributed by atoms with Gasteiger partial charge in [0.2, 0.25) is 0 Å². The molecule has 0 amide bonds. The molecule has 3 aromatic heterocycles. The molecule has 0 bridgehead atoms. The van der Waals surface area contributed by atoms with Gasteiger partial charge in [0.1, 0.15) is 12.0 Å². The maximum Gasteiger partial charge on any atom is 0.137 e. The van der Waals surface area contributed by atoms with Gasteiger partial charge in [0, 0.05) is 17.1 Å². The second-order valence-corrected chi connectivity index (χ2v) is 7.84. The Balaban J connectivity index is 1.71. The first-order valence-electron chi connectivity index (χ1n) is 9.87. The molecule has 1 fully saturated rings. The van der Waals surface area contributed by atoms with Gasteiger partial charge in [-0.2, -0.15) is 5.10 Å². The molecule has 0 spiro atoms. The second kappa shape index (κ2) is 6.50. The molecule has 5 rings (SSSR count). The van der Waals surface area contributed by atoms with Crippen molar-refractivity contribution in [1.29, 1.82) is 0 Å². The summed E-state index contributed by atoms with van der Waals surface area (Å²) in [5, 5.41) is 9.12. The Bertz CT molecular complexity index is 1100. The number of H-pyrrole nitrogens is 1. The fourth-order valence-corrected chi connectivity index (χ4v) is 4.48. The van der Waals surface area contributed by atoms with E-state index in [2.05, 4.69) is 58.5 Å². The summed E-state index contributed by atoms with van der Waals surface area (Å²) in [6, 6.07) is 11.1. The van der Waals surface area contributed by atoms with Crippen LogP contribution in [0.15, 0.2) is 42.9 Å². The van der Waals surface area contributed by atoms with E-state index in [9.17, 15) is 0 Å². The maximum absolute atomic E-state index is 4.63. The van der Waals surface area contributed by atoms with Crippen molar-refractivity contribution in [2.24, 2.45) is 0 Å². The summed E-state index contributed by atoms with van der Waals surface area (Å²) in [6.07, 6.45) is 6.04. The van der Waals surface area contributed by atoms with Crippen molar-refractivity contribution in [1.82, 2.24) is 24.9 Å². The number of hydrogen-bond donors (Lipinski definition) is 2. The first-order valence-corrected chi connectivity index (χ1v) is 9.87. The largest absolute Gasteiger partial charge is 0.353 e. The highest BCUT2D eigenvalue weighted by Gasteiger charge is 2.21. The number of nitrogens with zero attached hydrogens (tertiary/aromatic N) is 3. The van der Waals surface area contributed by atoms with Crippen molar-refractivity contribution >= 4 is 16.4 Å². The lowest BCUT2D eigenvalue weighted by Gasteiger charge is -2.23. The first-order chi connectivity index (χ1) is 13.2. The molecule has 4 heterocycles. The minimum atomic E-state index is 0.405. The van der Waals surface area contributed by atoms with Gasteiger partial charge in [-0.3, -0.25) is 0 Å². The number of nitrogens with one attached hydrogen (secondary N) is 2. The third kappa shape index (κ3) is 2.73. The lowest BCUT2D eigenvalue weighted by molar-refractivity contribution is 0.460. The highest BCUT2D eigenvalue weighted by molar-refractivity contribution is 5.93. The minimum absolute atomic E-state index is 0.405. The average molecular weight is 359 g/mol. The second-order valence-electron chi connectivity index (χ2n) is 7.84. The van der Waals surface area contributed by atoms with Crippen LogP contribution in [0.2, 0.25) is 0 Å². The van der Waals surface area contributed by atoms with Crippen LogP contribution in [0.3, 0.4) is 0 Å². The summed E-state index contributed by atoms with van der Waals surface area (Å²) in [5.41, 5.74) is 7.13. The van der Waals surface area contributed by atoms with Gasteiger partial charge in [-0.15, -0.1) is 0 Å². The van der Waals surface area contributed by atoms with Crippen molar-refractivity contribution in [2.75, 3.05) is 13.1 Å². The molecular weight excluding hydrogens is 334 g/mol. The molecule has 0 radical (unpaired) electrons. The topological polar surface area (TPSA) is 58.0 Å². The standard InChI is InChI=1S/C22H25N5/c1-14(2)20-17-12-16(15-7-9-23-10-8-15)5-6-18(17)26-22(20)21-19-4-3-11-27(19)25-13-24-21/h3-6,11-15,23,26H,7-10H2,1-2H3. The number of aromatic nitrogens is 4. The monoisotopic (exact) mass is 359 g/mol. The van der Waals surface area contributed by atoms with Gasteiger partial charge in [-0.1, -0.05) is 19.9 Å². The number of benzene rings is 1. The van der Waals surface area contributed by atoms with E-state index in [0.29, 0.717) is 11.8 Å². The quantitative estimate of drug-likeness (QED) is 0.567. The number of fused-ring (bicyclic) bond motifs is 2. The predicted molar refractivity (Wildman–Crippen MR) is 109 cm³/mol.